The monoisotopic (exact) mass is 328 g/mol. The van der Waals surface area contributed by atoms with E-state index in [1.54, 1.807) is 12.5 Å². The van der Waals surface area contributed by atoms with Gasteiger partial charge in [-0.15, -0.1) is 0 Å². The van der Waals surface area contributed by atoms with Gasteiger partial charge in [0.2, 0.25) is 0 Å². The Morgan fingerprint density at radius 3 is 3.00 bits per heavy atom. The first-order valence-corrected chi connectivity index (χ1v) is 8.34. The molecule has 24 heavy (non-hydrogen) atoms. The molecule has 2 heterocycles. The summed E-state index contributed by atoms with van der Waals surface area (Å²) in [5.41, 5.74) is 1.26. The molecule has 0 aliphatic carbocycles. The summed E-state index contributed by atoms with van der Waals surface area (Å²) in [6.07, 6.45) is 4.97. The van der Waals surface area contributed by atoms with Gasteiger partial charge >= 0.3 is 0 Å². The van der Waals surface area contributed by atoms with Crippen LogP contribution < -0.4 is 5.32 Å². The first-order valence-electron chi connectivity index (χ1n) is 8.34. The van der Waals surface area contributed by atoms with Gasteiger partial charge in [-0.3, -0.25) is 9.69 Å². The minimum Gasteiger partial charge on any atom is -0.366 e. The molecule has 0 spiro atoms. The van der Waals surface area contributed by atoms with Crippen molar-refractivity contribution in [1.29, 1.82) is 0 Å². The van der Waals surface area contributed by atoms with Gasteiger partial charge in [0.05, 0.1) is 12.9 Å². The predicted octanol–water partition coefficient (Wildman–Crippen LogP) is 1.29. The van der Waals surface area contributed by atoms with Crippen molar-refractivity contribution in [3.8, 4) is 0 Å². The molecule has 2 atom stereocenters. The number of aromatic nitrogens is 2. The summed E-state index contributed by atoms with van der Waals surface area (Å²) in [4.78, 5) is 18.7. The Morgan fingerprint density at radius 2 is 2.25 bits per heavy atom. The molecule has 0 radical (unpaired) electrons. The summed E-state index contributed by atoms with van der Waals surface area (Å²) < 4.78 is 7.62. The van der Waals surface area contributed by atoms with E-state index in [0.717, 1.165) is 13.1 Å². The van der Waals surface area contributed by atoms with Gasteiger partial charge in [0, 0.05) is 44.6 Å². The van der Waals surface area contributed by atoms with Crippen LogP contribution in [-0.4, -0.2) is 52.2 Å². The van der Waals surface area contributed by atoms with Crippen molar-refractivity contribution in [2.75, 3.05) is 19.7 Å². The first-order chi connectivity index (χ1) is 11.7. The SMILES string of the molecule is C[C@H](Cn1ccnc1)NC(=O)[C@@H]1CN(Cc2ccccc2)CCO1. The average molecular weight is 328 g/mol. The number of hydrogen-bond donors (Lipinski definition) is 1. The molecule has 128 valence electrons. The van der Waals surface area contributed by atoms with Gasteiger partial charge in [0.15, 0.2) is 0 Å². The number of hydrogen-bond acceptors (Lipinski definition) is 4. The highest BCUT2D eigenvalue weighted by Crippen LogP contribution is 2.11. The Balaban J connectivity index is 1.49. The molecule has 1 aromatic carbocycles. The molecule has 1 fully saturated rings. The van der Waals surface area contributed by atoms with Crippen LogP contribution in [0.4, 0.5) is 0 Å². The molecule has 1 aromatic heterocycles. The summed E-state index contributed by atoms with van der Waals surface area (Å²) in [5, 5.41) is 3.03. The van der Waals surface area contributed by atoms with Gasteiger partial charge < -0.3 is 14.6 Å². The van der Waals surface area contributed by atoms with Crippen LogP contribution >= 0.6 is 0 Å². The van der Waals surface area contributed by atoms with Crippen molar-refractivity contribution >= 4 is 5.91 Å². The summed E-state index contributed by atoms with van der Waals surface area (Å²) in [6.45, 7) is 5.59. The van der Waals surface area contributed by atoms with E-state index < -0.39 is 6.10 Å². The number of rotatable bonds is 6. The van der Waals surface area contributed by atoms with E-state index in [4.69, 9.17) is 4.74 Å². The number of amides is 1. The lowest BCUT2D eigenvalue weighted by Crippen LogP contribution is -2.51. The number of benzene rings is 1. The molecule has 1 aliphatic rings. The highest BCUT2D eigenvalue weighted by atomic mass is 16.5. The Labute approximate surface area is 142 Å². The third-order valence-corrected chi connectivity index (χ3v) is 4.12. The number of ether oxygens (including phenoxy) is 1. The Bertz CT molecular complexity index is 630. The fourth-order valence-corrected chi connectivity index (χ4v) is 2.94. The molecule has 6 nitrogen and oxygen atoms in total. The van der Waals surface area contributed by atoms with Crippen LogP contribution in [0.25, 0.3) is 0 Å². The summed E-state index contributed by atoms with van der Waals surface area (Å²) >= 11 is 0. The zero-order valence-corrected chi connectivity index (χ0v) is 14.0. The highest BCUT2D eigenvalue weighted by Gasteiger charge is 2.27. The number of morpholine rings is 1. The van der Waals surface area contributed by atoms with Gasteiger partial charge in [-0.25, -0.2) is 4.98 Å². The van der Waals surface area contributed by atoms with Crippen LogP contribution in [-0.2, 0) is 22.6 Å². The lowest BCUT2D eigenvalue weighted by atomic mass is 10.2. The second-order valence-electron chi connectivity index (χ2n) is 6.25. The van der Waals surface area contributed by atoms with Crippen molar-refractivity contribution in [3.05, 3.63) is 54.6 Å². The quantitative estimate of drug-likeness (QED) is 0.868. The Kier molecular flexibility index (Phi) is 5.61. The second kappa shape index (κ2) is 8.08. The van der Waals surface area contributed by atoms with E-state index in [-0.39, 0.29) is 11.9 Å². The van der Waals surface area contributed by atoms with Crippen molar-refractivity contribution in [2.24, 2.45) is 0 Å². The van der Waals surface area contributed by atoms with Crippen LogP contribution in [0.2, 0.25) is 0 Å². The minimum absolute atomic E-state index is 0.0276. The van der Waals surface area contributed by atoms with Crippen molar-refractivity contribution in [2.45, 2.75) is 32.2 Å². The maximum absolute atomic E-state index is 12.4. The zero-order valence-electron chi connectivity index (χ0n) is 14.0. The molecule has 0 saturated carbocycles. The molecule has 1 amide bonds. The molecular formula is C18H24N4O2. The normalized spacial score (nSPS) is 19.8. The summed E-state index contributed by atoms with van der Waals surface area (Å²) in [5.74, 6) is -0.0413. The number of carbonyl (C=O) groups is 1. The van der Waals surface area contributed by atoms with E-state index >= 15 is 0 Å². The molecule has 1 saturated heterocycles. The number of nitrogens with zero attached hydrogens (tertiary/aromatic N) is 3. The summed E-state index contributed by atoms with van der Waals surface area (Å²) in [7, 11) is 0. The van der Waals surface area contributed by atoms with Crippen molar-refractivity contribution < 1.29 is 9.53 Å². The number of carbonyl (C=O) groups excluding carboxylic acids is 1. The molecule has 6 heteroatoms. The van der Waals surface area contributed by atoms with Crippen LogP contribution in [0.1, 0.15) is 12.5 Å². The van der Waals surface area contributed by atoms with Gasteiger partial charge in [-0.2, -0.15) is 0 Å². The molecule has 0 bridgehead atoms. The van der Waals surface area contributed by atoms with E-state index in [9.17, 15) is 4.79 Å². The average Bonchev–Trinajstić information content (AvgIpc) is 3.09. The number of nitrogens with one attached hydrogen (secondary N) is 1. The van der Waals surface area contributed by atoms with Gasteiger partial charge in [-0.1, -0.05) is 30.3 Å². The topological polar surface area (TPSA) is 59.4 Å². The van der Waals surface area contributed by atoms with E-state index in [2.05, 4.69) is 27.3 Å². The molecule has 2 aromatic rings. The third kappa shape index (κ3) is 4.66. The number of imidazole rings is 1. The maximum atomic E-state index is 12.4. The van der Waals surface area contributed by atoms with Crippen LogP contribution in [0.5, 0.6) is 0 Å². The fraction of sp³-hybridized carbons (Fsp3) is 0.444. The van der Waals surface area contributed by atoms with Gasteiger partial charge in [0.1, 0.15) is 6.10 Å². The zero-order chi connectivity index (χ0) is 16.8. The molecule has 1 aliphatic heterocycles. The highest BCUT2D eigenvalue weighted by molar-refractivity contribution is 5.81. The molecule has 1 N–H and O–H groups in total. The van der Waals surface area contributed by atoms with Gasteiger partial charge in [-0.05, 0) is 12.5 Å². The maximum Gasteiger partial charge on any atom is 0.250 e. The Morgan fingerprint density at radius 1 is 1.42 bits per heavy atom. The smallest absolute Gasteiger partial charge is 0.250 e. The van der Waals surface area contributed by atoms with E-state index in [1.165, 1.54) is 5.56 Å². The summed E-state index contributed by atoms with van der Waals surface area (Å²) in [6, 6.07) is 10.3. The molecular weight excluding hydrogens is 304 g/mol. The van der Waals surface area contributed by atoms with Crippen LogP contribution in [0.15, 0.2) is 49.1 Å². The molecule has 3 rings (SSSR count). The lowest BCUT2D eigenvalue weighted by Gasteiger charge is -2.32. The van der Waals surface area contributed by atoms with E-state index in [1.807, 2.05) is 35.9 Å². The van der Waals surface area contributed by atoms with Crippen LogP contribution in [0, 0.1) is 0 Å². The third-order valence-electron chi connectivity index (χ3n) is 4.12. The first kappa shape index (κ1) is 16.7. The minimum atomic E-state index is -0.410. The fourth-order valence-electron chi connectivity index (χ4n) is 2.94. The standard InChI is InChI=1S/C18H24N4O2/c1-15(11-22-8-7-19-14-22)20-18(23)17-13-21(9-10-24-17)12-16-5-3-2-4-6-16/h2-8,14-15,17H,9-13H2,1H3,(H,20,23)/t15-,17+/m1/s1. The van der Waals surface area contributed by atoms with Crippen molar-refractivity contribution in [3.63, 3.8) is 0 Å². The second-order valence-corrected chi connectivity index (χ2v) is 6.25. The van der Waals surface area contributed by atoms with Crippen molar-refractivity contribution in [1.82, 2.24) is 19.8 Å². The largest absolute Gasteiger partial charge is 0.366 e. The van der Waals surface area contributed by atoms with Crippen LogP contribution in [0.3, 0.4) is 0 Å². The lowest BCUT2D eigenvalue weighted by molar-refractivity contribution is -0.139. The van der Waals surface area contributed by atoms with E-state index in [0.29, 0.717) is 19.7 Å². The van der Waals surface area contributed by atoms with Gasteiger partial charge in [0.25, 0.3) is 5.91 Å². The predicted molar refractivity (Wildman–Crippen MR) is 91.3 cm³/mol. The molecule has 0 unspecified atom stereocenters. The Hall–Kier alpha value is -2.18.